The van der Waals surface area contributed by atoms with Gasteiger partial charge in [-0.15, -0.1) is 0 Å². The van der Waals surface area contributed by atoms with Crippen LogP contribution in [-0.2, 0) is 6.61 Å². The summed E-state index contributed by atoms with van der Waals surface area (Å²) in [5.74, 6) is 0.883. The van der Waals surface area contributed by atoms with Gasteiger partial charge in [-0.25, -0.2) is 10.9 Å². The van der Waals surface area contributed by atoms with Crippen LogP contribution in [0, 0.1) is 0 Å². The Morgan fingerprint density at radius 2 is 1.90 bits per heavy atom. The van der Waals surface area contributed by atoms with Gasteiger partial charge >= 0.3 is 0 Å². The molecule has 0 amide bonds. The molecule has 4 heteroatoms. The summed E-state index contributed by atoms with van der Waals surface area (Å²) in [6.45, 7) is 0.583. The van der Waals surface area contributed by atoms with E-state index in [-0.39, 0.29) is 12.2 Å². The topological polar surface area (TPSA) is 59.3 Å². The fourth-order valence-electron chi connectivity index (χ4n) is 2.36. The number of benzene rings is 2. The molecule has 2 aromatic carbocycles. The lowest BCUT2D eigenvalue weighted by atomic mass is 10.0. The second-order valence-electron chi connectivity index (χ2n) is 5.03. The summed E-state index contributed by atoms with van der Waals surface area (Å²) >= 11 is 0. The molecule has 1 saturated heterocycles. The van der Waals surface area contributed by atoms with E-state index in [1.165, 1.54) is 11.1 Å². The Hall–Kier alpha value is -1.88. The van der Waals surface area contributed by atoms with Crippen LogP contribution in [0.15, 0.2) is 54.6 Å². The third kappa shape index (κ3) is 3.17. The lowest BCUT2D eigenvalue weighted by molar-refractivity contribution is 0.305. The number of nitrogens with two attached hydrogens (primary N) is 1. The van der Waals surface area contributed by atoms with Gasteiger partial charge in [0.25, 0.3) is 0 Å². The summed E-state index contributed by atoms with van der Waals surface area (Å²) in [5.41, 5.74) is 14.4. The third-order valence-corrected chi connectivity index (χ3v) is 3.44. The van der Waals surface area contributed by atoms with Crippen molar-refractivity contribution in [1.29, 1.82) is 0 Å². The van der Waals surface area contributed by atoms with E-state index in [2.05, 4.69) is 35.1 Å². The lowest BCUT2D eigenvalue weighted by Crippen LogP contribution is -2.36. The van der Waals surface area contributed by atoms with Crippen molar-refractivity contribution in [2.75, 3.05) is 0 Å². The predicted molar refractivity (Wildman–Crippen MR) is 78.8 cm³/mol. The summed E-state index contributed by atoms with van der Waals surface area (Å²) in [5, 5.41) is 0. The molecule has 20 heavy (non-hydrogen) atoms. The van der Waals surface area contributed by atoms with E-state index in [1.807, 2.05) is 30.3 Å². The van der Waals surface area contributed by atoms with Crippen molar-refractivity contribution in [2.24, 2.45) is 5.73 Å². The zero-order valence-electron chi connectivity index (χ0n) is 11.3. The molecule has 1 fully saturated rings. The van der Waals surface area contributed by atoms with Crippen molar-refractivity contribution in [3.05, 3.63) is 65.7 Å². The summed E-state index contributed by atoms with van der Waals surface area (Å²) in [4.78, 5) is 0. The minimum atomic E-state index is 0.00823. The van der Waals surface area contributed by atoms with Gasteiger partial charge in [0.15, 0.2) is 0 Å². The smallest absolute Gasteiger partial charge is 0.120 e. The lowest BCUT2D eigenvalue weighted by Gasteiger charge is -2.12. The molecule has 3 rings (SSSR count). The molecule has 0 spiro atoms. The highest BCUT2D eigenvalue weighted by molar-refractivity contribution is 5.31. The number of rotatable bonds is 4. The maximum atomic E-state index is 5.84. The third-order valence-electron chi connectivity index (χ3n) is 3.44. The number of hydrogen-bond acceptors (Lipinski definition) is 4. The van der Waals surface area contributed by atoms with Gasteiger partial charge < -0.3 is 10.5 Å². The highest BCUT2D eigenvalue weighted by Crippen LogP contribution is 2.24. The van der Waals surface area contributed by atoms with Crippen molar-refractivity contribution in [2.45, 2.75) is 25.2 Å². The van der Waals surface area contributed by atoms with Crippen molar-refractivity contribution in [3.63, 3.8) is 0 Å². The first kappa shape index (κ1) is 13.1. The molecular formula is C16H19N3O. The van der Waals surface area contributed by atoms with Gasteiger partial charge in [-0.2, -0.15) is 0 Å². The highest BCUT2D eigenvalue weighted by Gasteiger charge is 2.22. The predicted octanol–water partition coefficient (Wildman–Crippen LogP) is 2.09. The molecule has 2 aromatic rings. The molecule has 0 aromatic heterocycles. The van der Waals surface area contributed by atoms with E-state index in [0.29, 0.717) is 6.61 Å². The van der Waals surface area contributed by atoms with Gasteiger partial charge in [0.1, 0.15) is 12.4 Å². The largest absolute Gasteiger partial charge is 0.489 e. The molecule has 2 unspecified atom stereocenters. The molecule has 1 aliphatic heterocycles. The van der Waals surface area contributed by atoms with Crippen LogP contribution in [0.5, 0.6) is 5.75 Å². The number of hydrazine groups is 1. The molecule has 2 atom stereocenters. The second-order valence-corrected chi connectivity index (χ2v) is 5.03. The maximum absolute atomic E-state index is 5.84. The zero-order valence-corrected chi connectivity index (χ0v) is 11.3. The van der Waals surface area contributed by atoms with Crippen molar-refractivity contribution < 1.29 is 4.74 Å². The molecule has 0 aliphatic carbocycles. The Labute approximate surface area is 118 Å². The Morgan fingerprint density at radius 1 is 1.05 bits per heavy atom. The Morgan fingerprint density at radius 3 is 2.65 bits per heavy atom. The minimum absolute atomic E-state index is 0.00823. The number of ether oxygens (including phenoxy) is 1. The van der Waals surface area contributed by atoms with Gasteiger partial charge in [-0.3, -0.25) is 0 Å². The number of hydrogen-bond donors (Lipinski definition) is 3. The average Bonchev–Trinajstić information content (AvgIpc) is 2.93. The molecule has 4 nitrogen and oxygen atoms in total. The van der Waals surface area contributed by atoms with E-state index in [4.69, 9.17) is 10.5 Å². The quantitative estimate of drug-likeness (QED) is 0.795. The van der Waals surface area contributed by atoms with Crippen molar-refractivity contribution in [3.8, 4) is 5.75 Å². The van der Waals surface area contributed by atoms with Crippen molar-refractivity contribution >= 4 is 0 Å². The van der Waals surface area contributed by atoms with Crippen LogP contribution in [0.25, 0.3) is 0 Å². The zero-order chi connectivity index (χ0) is 13.8. The van der Waals surface area contributed by atoms with Crippen LogP contribution < -0.4 is 21.3 Å². The van der Waals surface area contributed by atoms with Crippen LogP contribution in [0.4, 0.5) is 0 Å². The first-order valence-electron chi connectivity index (χ1n) is 6.84. The Bertz CT molecular complexity index is 559. The van der Waals surface area contributed by atoms with E-state index in [9.17, 15) is 0 Å². The molecule has 1 heterocycles. The summed E-state index contributed by atoms with van der Waals surface area (Å²) < 4.78 is 5.84. The van der Waals surface area contributed by atoms with Gasteiger partial charge in [0.2, 0.25) is 0 Å². The normalized spacial score (nSPS) is 21.9. The second kappa shape index (κ2) is 6.05. The van der Waals surface area contributed by atoms with E-state index < -0.39 is 0 Å². The van der Waals surface area contributed by atoms with Crippen molar-refractivity contribution in [1.82, 2.24) is 10.9 Å². The molecule has 0 radical (unpaired) electrons. The summed E-state index contributed by atoms with van der Waals surface area (Å²) in [6, 6.07) is 18.6. The standard InChI is InChI=1S/C16H19N3O/c17-16-10-15(18-19-16)13-7-4-8-14(9-13)20-11-12-5-2-1-3-6-12/h1-9,15-16,18-19H,10-11,17H2. The fraction of sp³-hybridized carbons (Fsp3) is 0.250. The van der Waals surface area contributed by atoms with Crippen LogP contribution >= 0.6 is 0 Å². The Kier molecular flexibility index (Phi) is 3.97. The molecule has 0 bridgehead atoms. The first-order valence-corrected chi connectivity index (χ1v) is 6.84. The summed E-state index contributed by atoms with van der Waals surface area (Å²) in [7, 11) is 0. The molecule has 1 aliphatic rings. The van der Waals surface area contributed by atoms with Gasteiger partial charge in [-0.05, 0) is 29.7 Å². The van der Waals surface area contributed by atoms with E-state index in [0.717, 1.165) is 12.2 Å². The Balaban J connectivity index is 1.65. The van der Waals surface area contributed by atoms with Crippen LogP contribution in [0.1, 0.15) is 23.6 Å². The molecule has 0 saturated carbocycles. The fourth-order valence-corrected chi connectivity index (χ4v) is 2.36. The molecule has 4 N–H and O–H groups in total. The van der Waals surface area contributed by atoms with E-state index in [1.54, 1.807) is 0 Å². The first-order chi connectivity index (χ1) is 9.81. The average molecular weight is 269 g/mol. The number of nitrogens with one attached hydrogen (secondary N) is 2. The van der Waals surface area contributed by atoms with Crippen LogP contribution in [0.3, 0.4) is 0 Å². The summed E-state index contributed by atoms with van der Waals surface area (Å²) in [6.07, 6.45) is 0.885. The maximum Gasteiger partial charge on any atom is 0.120 e. The molecule has 104 valence electrons. The van der Waals surface area contributed by atoms with Gasteiger partial charge in [0, 0.05) is 6.04 Å². The minimum Gasteiger partial charge on any atom is -0.489 e. The van der Waals surface area contributed by atoms with E-state index >= 15 is 0 Å². The van der Waals surface area contributed by atoms with Gasteiger partial charge in [-0.1, -0.05) is 42.5 Å². The SMILES string of the molecule is NC1CC(c2cccc(OCc3ccccc3)c2)NN1. The van der Waals surface area contributed by atoms with Crippen LogP contribution in [0.2, 0.25) is 0 Å². The van der Waals surface area contributed by atoms with Crippen LogP contribution in [-0.4, -0.2) is 6.17 Å². The molecular weight excluding hydrogens is 250 g/mol. The van der Waals surface area contributed by atoms with Gasteiger partial charge in [0.05, 0.1) is 6.17 Å². The monoisotopic (exact) mass is 269 g/mol. The highest BCUT2D eigenvalue weighted by atomic mass is 16.5.